The van der Waals surface area contributed by atoms with Crippen LogP contribution in [0.1, 0.15) is 42.0 Å². The smallest absolute Gasteiger partial charge is 0.340 e. The highest BCUT2D eigenvalue weighted by atomic mass is 19.4. The number of halogens is 3. The summed E-state index contributed by atoms with van der Waals surface area (Å²) in [4.78, 5) is 12.6. The van der Waals surface area contributed by atoms with E-state index in [0.717, 1.165) is 25.6 Å². The lowest BCUT2D eigenvalue weighted by Gasteiger charge is -2.30. The van der Waals surface area contributed by atoms with Crippen molar-refractivity contribution in [2.45, 2.75) is 38.4 Å². The second kappa shape index (κ2) is 5.71. The van der Waals surface area contributed by atoms with Crippen molar-refractivity contribution in [2.24, 2.45) is 0 Å². The number of aryl methyl sites for hydroxylation is 1. The fraction of sp³-hybridized carbons (Fsp3) is 0.615. The Balaban J connectivity index is 1.66. The molecule has 2 aromatic heterocycles. The van der Waals surface area contributed by atoms with E-state index >= 15 is 0 Å². The summed E-state index contributed by atoms with van der Waals surface area (Å²) < 4.78 is 42.8. The Morgan fingerprint density at radius 2 is 2.27 bits per heavy atom. The standard InChI is InChI=1S/C13H16F3N5O/c1-8-18-11(20-22-8)7-21-4-2-3-9(6-21)12-17-5-10(19-12)13(14,15)16/h5,9H,2-4,6-7H2,1H3,(H,17,19)/t9-/m1/s1. The highest BCUT2D eigenvalue weighted by Crippen LogP contribution is 2.31. The number of aromatic amines is 1. The molecule has 0 unspecified atom stereocenters. The number of aromatic nitrogens is 4. The van der Waals surface area contributed by atoms with Crippen LogP contribution < -0.4 is 0 Å². The number of hydrogen-bond acceptors (Lipinski definition) is 5. The van der Waals surface area contributed by atoms with Crippen molar-refractivity contribution in [3.8, 4) is 0 Å². The first-order chi connectivity index (χ1) is 10.4. The van der Waals surface area contributed by atoms with Gasteiger partial charge < -0.3 is 9.51 Å². The van der Waals surface area contributed by atoms with E-state index in [0.29, 0.717) is 30.6 Å². The third-order valence-corrected chi connectivity index (χ3v) is 3.73. The first-order valence-corrected chi connectivity index (χ1v) is 7.05. The summed E-state index contributed by atoms with van der Waals surface area (Å²) >= 11 is 0. The number of rotatable bonds is 3. The van der Waals surface area contributed by atoms with E-state index in [1.165, 1.54) is 0 Å². The van der Waals surface area contributed by atoms with Crippen LogP contribution in [0, 0.1) is 6.92 Å². The minimum Gasteiger partial charge on any atom is -0.340 e. The van der Waals surface area contributed by atoms with Gasteiger partial charge in [-0.25, -0.2) is 4.98 Å². The summed E-state index contributed by atoms with van der Waals surface area (Å²) in [5.74, 6) is 1.44. The van der Waals surface area contributed by atoms with E-state index in [9.17, 15) is 13.2 Å². The Hall–Kier alpha value is -1.90. The van der Waals surface area contributed by atoms with Crippen LogP contribution in [0.2, 0.25) is 0 Å². The first kappa shape index (κ1) is 15.0. The summed E-state index contributed by atoms with van der Waals surface area (Å²) in [6, 6.07) is 0. The zero-order valence-corrected chi connectivity index (χ0v) is 12.0. The molecule has 120 valence electrons. The highest BCUT2D eigenvalue weighted by Gasteiger charge is 2.34. The summed E-state index contributed by atoms with van der Waals surface area (Å²) in [5, 5.41) is 3.84. The Morgan fingerprint density at radius 3 is 2.91 bits per heavy atom. The number of alkyl halides is 3. The lowest BCUT2D eigenvalue weighted by molar-refractivity contribution is -0.141. The average Bonchev–Trinajstić information content (AvgIpc) is 3.08. The zero-order valence-electron chi connectivity index (χ0n) is 12.0. The van der Waals surface area contributed by atoms with Crippen LogP contribution in [0.15, 0.2) is 10.7 Å². The number of nitrogens with one attached hydrogen (secondary N) is 1. The molecule has 1 atom stereocenters. The minimum absolute atomic E-state index is 0.0437. The van der Waals surface area contributed by atoms with Crippen LogP contribution in [0.4, 0.5) is 13.2 Å². The largest absolute Gasteiger partial charge is 0.432 e. The van der Waals surface area contributed by atoms with Crippen LogP contribution in [-0.2, 0) is 12.7 Å². The lowest BCUT2D eigenvalue weighted by atomic mass is 9.97. The quantitative estimate of drug-likeness (QED) is 0.942. The van der Waals surface area contributed by atoms with Crippen LogP contribution in [0.5, 0.6) is 0 Å². The molecule has 0 aliphatic carbocycles. The van der Waals surface area contributed by atoms with Gasteiger partial charge in [0.1, 0.15) is 11.5 Å². The normalized spacial score (nSPS) is 20.5. The third-order valence-electron chi connectivity index (χ3n) is 3.73. The predicted octanol–water partition coefficient (Wildman–Crippen LogP) is 2.50. The van der Waals surface area contributed by atoms with Gasteiger partial charge >= 0.3 is 6.18 Å². The van der Waals surface area contributed by atoms with Gasteiger partial charge in [-0.05, 0) is 19.4 Å². The van der Waals surface area contributed by atoms with Crippen LogP contribution in [-0.4, -0.2) is 38.1 Å². The molecule has 0 aromatic carbocycles. The van der Waals surface area contributed by atoms with Crippen LogP contribution in [0.25, 0.3) is 0 Å². The number of likely N-dealkylation sites (tertiary alicyclic amines) is 1. The topological polar surface area (TPSA) is 70.8 Å². The van der Waals surface area contributed by atoms with E-state index in [4.69, 9.17) is 4.52 Å². The van der Waals surface area contributed by atoms with Crippen molar-refractivity contribution in [1.82, 2.24) is 25.0 Å². The predicted molar refractivity (Wildman–Crippen MR) is 69.9 cm³/mol. The molecule has 22 heavy (non-hydrogen) atoms. The van der Waals surface area contributed by atoms with Crippen molar-refractivity contribution in [3.05, 3.63) is 29.4 Å². The van der Waals surface area contributed by atoms with Crippen LogP contribution >= 0.6 is 0 Å². The van der Waals surface area contributed by atoms with Gasteiger partial charge in [-0.1, -0.05) is 5.16 Å². The van der Waals surface area contributed by atoms with Gasteiger partial charge in [-0.3, -0.25) is 4.90 Å². The molecular formula is C13H16F3N5O. The maximum Gasteiger partial charge on any atom is 0.432 e. The Morgan fingerprint density at radius 1 is 1.45 bits per heavy atom. The second-order valence-corrected chi connectivity index (χ2v) is 5.48. The first-order valence-electron chi connectivity index (χ1n) is 7.05. The molecule has 0 bridgehead atoms. The molecule has 1 N–H and O–H groups in total. The second-order valence-electron chi connectivity index (χ2n) is 5.48. The molecule has 1 aliphatic rings. The molecule has 0 saturated carbocycles. The Kier molecular flexibility index (Phi) is 3.90. The molecule has 1 saturated heterocycles. The molecule has 9 heteroatoms. The van der Waals surface area contributed by atoms with Gasteiger partial charge in [0, 0.05) is 19.4 Å². The summed E-state index contributed by atoms with van der Waals surface area (Å²) in [7, 11) is 0. The van der Waals surface area contributed by atoms with Crippen molar-refractivity contribution in [3.63, 3.8) is 0 Å². The van der Waals surface area contributed by atoms with Crippen molar-refractivity contribution in [2.75, 3.05) is 13.1 Å². The number of imidazole rings is 1. The van der Waals surface area contributed by atoms with E-state index in [-0.39, 0.29) is 5.92 Å². The van der Waals surface area contributed by atoms with E-state index < -0.39 is 11.9 Å². The molecule has 0 spiro atoms. The fourth-order valence-corrected chi connectivity index (χ4v) is 2.72. The number of H-pyrrole nitrogens is 1. The fourth-order valence-electron chi connectivity index (χ4n) is 2.72. The number of hydrogen-bond donors (Lipinski definition) is 1. The molecular weight excluding hydrogens is 299 g/mol. The Bertz CT molecular complexity index is 636. The van der Waals surface area contributed by atoms with Crippen molar-refractivity contribution in [1.29, 1.82) is 0 Å². The molecule has 1 fully saturated rings. The van der Waals surface area contributed by atoms with Gasteiger partial charge in [0.15, 0.2) is 5.82 Å². The molecule has 0 amide bonds. The lowest BCUT2D eigenvalue weighted by Crippen LogP contribution is -2.34. The third kappa shape index (κ3) is 3.29. The Labute approximate surface area is 124 Å². The summed E-state index contributed by atoms with van der Waals surface area (Å²) in [6.07, 6.45) is -1.82. The monoisotopic (exact) mass is 315 g/mol. The zero-order chi connectivity index (χ0) is 15.7. The minimum atomic E-state index is -4.39. The molecule has 2 aromatic rings. The van der Waals surface area contributed by atoms with Gasteiger partial charge in [0.2, 0.25) is 5.89 Å². The molecule has 6 nitrogen and oxygen atoms in total. The summed E-state index contributed by atoms with van der Waals surface area (Å²) in [6.45, 7) is 3.73. The number of piperidine rings is 1. The molecule has 1 aliphatic heterocycles. The van der Waals surface area contributed by atoms with Crippen molar-refractivity contribution >= 4 is 0 Å². The average molecular weight is 315 g/mol. The van der Waals surface area contributed by atoms with E-state index in [1.54, 1.807) is 6.92 Å². The van der Waals surface area contributed by atoms with Gasteiger partial charge in [0.25, 0.3) is 0 Å². The van der Waals surface area contributed by atoms with Gasteiger partial charge in [0.05, 0.1) is 12.7 Å². The number of nitrogens with zero attached hydrogens (tertiary/aromatic N) is 4. The van der Waals surface area contributed by atoms with E-state index in [2.05, 4.69) is 25.0 Å². The maximum atomic E-state index is 12.6. The van der Waals surface area contributed by atoms with Crippen LogP contribution in [0.3, 0.4) is 0 Å². The molecule has 3 heterocycles. The molecule has 0 radical (unpaired) electrons. The highest BCUT2D eigenvalue weighted by molar-refractivity contribution is 5.09. The van der Waals surface area contributed by atoms with Gasteiger partial charge in [-0.2, -0.15) is 18.2 Å². The maximum absolute atomic E-state index is 12.6. The summed E-state index contributed by atoms with van der Waals surface area (Å²) in [5.41, 5.74) is -0.798. The van der Waals surface area contributed by atoms with Crippen molar-refractivity contribution < 1.29 is 17.7 Å². The SMILES string of the molecule is Cc1nc(CN2CCC[C@@H](c3ncc(C(F)(F)F)[nH]3)C2)no1. The van der Waals surface area contributed by atoms with E-state index in [1.807, 2.05) is 0 Å². The molecule has 3 rings (SSSR count). The van der Waals surface area contributed by atoms with Gasteiger partial charge in [-0.15, -0.1) is 0 Å².